The van der Waals surface area contributed by atoms with E-state index in [0.29, 0.717) is 28.3 Å². The molecule has 0 aliphatic heterocycles. The number of carbonyl (C=O) groups is 2. The summed E-state index contributed by atoms with van der Waals surface area (Å²) in [7, 11) is 1.55. The number of aromatic nitrogens is 1. The Hall–Kier alpha value is -4.19. The molecule has 30 heavy (non-hydrogen) atoms. The third-order valence-corrected chi connectivity index (χ3v) is 4.65. The van der Waals surface area contributed by atoms with Crippen LogP contribution < -0.4 is 15.4 Å². The number of amides is 2. The van der Waals surface area contributed by atoms with Gasteiger partial charge in [0.05, 0.1) is 23.9 Å². The highest BCUT2D eigenvalue weighted by Crippen LogP contribution is 2.24. The Labute approximate surface area is 173 Å². The van der Waals surface area contributed by atoms with Gasteiger partial charge in [0.2, 0.25) is 0 Å². The zero-order valence-electron chi connectivity index (χ0n) is 16.3. The number of anilines is 2. The maximum absolute atomic E-state index is 12.7. The van der Waals surface area contributed by atoms with Crippen molar-refractivity contribution in [2.45, 2.75) is 0 Å². The van der Waals surface area contributed by atoms with Gasteiger partial charge in [0.25, 0.3) is 11.8 Å². The van der Waals surface area contributed by atoms with Crippen LogP contribution in [-0.4, -0.2) is 23.9 Å². The Bertz CT molecular complexity index is 1210. The van der Waals surface area contributed by atoms with Crippen LogP contribution in [0.3, 0.4) is 0 Å². The van der Waals surface area contributed by atoms with Gasteiger partial charge in [0.1, 0.15) is 5.75 Å². The molecule has 4 aromatic rings. The Morgan fingerprint density at radius 2 is 1.53 bits per heavy atom. The van der Waals surface area contributed by atoms with Gasteiger partial charge in [0, 0.05) is 22.8 Å². The highest BCUT2D eigenvalue weighted by molar-refractivity contribution is 6.12. The Kier molecular flexibility index (Phi) is 5.39. The van der Waals surface area contributed by atoms with E-state index in [2.05, 4.69) is 15.6 Å². The fourth-order valence-corrected chi connectivity index (χ4v) is 3.14. The van der Waals surface area contributed by atoms with E-state index in [1.807, 2.05) is 36.4 Å². The first-order valence-corrected chi connectivity index (χ1v) is 9.35. The molecular formula is C24H19N3O3. The maximum atomic E-state index is 12.7. The van der Waals surface area contributed by atoms with Gasteiger partial charge in [-0.25, -0.2) is 0 Å². The molecule has 2 amide bonds. The Balaban J connectivity index is 1.48. The molecule has 1 heterocycles. The van der Waals surface area contributed by atoms with Crippen LogP contribution in [0.5, 0.6) is 5.75 Å². The van der Waals surface area contributed by atoms with Crippen molar-refractivity contribution in [3.63, 3.8) is 0 Å². The van der Waals surface area contributed by atoms with Crippen molar-refractivity contribution in [2.24, 2.45) is 0 Å². The molecule has 2 N–H and O–H groups in total. The van der Waals surface area contributed by atoms with Crippen molar-refractivity contribution in [3.05, 3.63) is 96.2 Å². The number of hydrogen-bond donors (Lipinski definition) is 2. The number of hydrogen-bond acceptors (Lipinski definition) is 4. The predicted molar refractivity (Wildman–Crippen MR) is 117 cm³/mol. The minimum absolute atomic E-state index is 0.236. The van der Waals surface area contributed by atoms with Gasteiger partial charge in [-0.05, 0) is 48.5 Å². The number of methoxy groups -OCH3 is 1. The standard InChI is InChI=1S/C24H19N3O3/c1-30-22-9-5-4-8-21(22)27-23(28)16-10-12-17(13-11-16)26-24(29)19-14-15-25-20-7-3-2-6-18(19)20/h2-15H,1H3,(H,26,29)(H,27,28). The van der Waals surface area contributed by atoms with E-state index >= 15 is 0 Å². The zero-order valence-corrected chi connectivity index (χ0v) is 16.3. The molecule has 4 rings (SSSR count). The number of fused-ring (bicyclic) bond motifs is 1. The van der Waals surface area contributed by atoms with E-state index in [9.17, 15) is 9.59 Å². The van der Waals surface area contributed by atoms with Crippen molar-refractivity contribution in [1.29, 1.82) is 0 Å². The molecular weight excluding hydrogens is 378 g/mol. The minimum atomic E-state index is -0.266. The summed E-state index contributed by atoms with van der Waals surface area (Å²) in [6.07, 6.45) is 1.61. The third kappa shape index (κ3) is 3.98. The number of rotatable bonds is 5. The second-order valence-electron chi connectivity index (χ2n) is 6.56. The van der Waals surface area contributed by atoms with Gasteiger partial charge >= 0.3 is 0 Å². The van der Waals surface area contributed by atoms with Crippen molar-refractivity contribution in [1.82, 2.24) is 4.98 Å². The van der Waals surface area contributed by atoms with Gasteiger partial charge in [0.15, 0.2) is 0 Å². The molecule has 0 spiro atoms. The summed E-state index contributed by atoms with van der Waals surface area (Å²) >= 11 is 0. The second-order valence-corrected chi connectivity index (χ2v) is 6.56. The van der Waals surface area contributed by atoms with Gasteiger partial charge in [-0.2, -0.15) is 0 Å². The van der Waals surface area contributed by atoms with Crippen LogP contribution in [0.1, 0.15) is 20.7 Å². The summed E-state index contributed by atoms with van der Waals surface area (Å²) < 4.78 is 5.25. The second kappa shape index (κ2) is 8.45. The summed E-state index contributed by atoms with van der Waals surface area (Å²) in [5.74, 6) is 0.0802. The van der Waals surface area contributed by atoms with Gasteiger partial charge < -0.3 is 15.4 Å². The van der Waals surface area contributed by atoms with Crippen LogP contribution in [0, 0.1) is 0 Å². The molecule has 0 radical (unpaired) electrons. The highest BCUT2D eigenvalue weighted by atomic mass is 16.5. The van der Waals surface area contributed by atoms with Crippen molar-refractivity contribution >= 4 is 34.1 Å². The lowest BCUT2D eigenvalue weighted by Gasteiger charge is -2.11. The van der Waals surface area contributed by atoms with Crippen LogP contribution in [0.25, 0.3) is 10.9 Å². The van der Waals surface area contributed by atoms with Crippen molar-refractivity contribution in [3.8, 4) is 5.75 Å². The number of benzene rings is 3. The number of para-hydroxylation sites is 3. The molecule has 0 aliphatic rings. The maximum Gasteiger partial charge on any atom is 0.256 e. The largest absolute Gasteiger partial charge is 0.495 e. The molecule has 0 saturated carbocycles. The van der Waals surface area contributed by atoms with Gasteiger partial charge in [-0.1, -0.05) is 30.3 Å². The summed E-state index contributed by atoms with van der Waals surface area (Å²) in [6.45, 7) is 0. The van der Waals surface area contributed by atoms with Crippen LogP contribution in [0.15, 0.2) is 85.1 Å². The summed E-state index contributed by atoms with van der Waals surface area (Å²) in [6, 6.07) is 23.1. The summed E-state index contributed by atoms with van der Waals surface area (Å²) in [4.78, 5) is 29.5. The molecule has 0 saturated heterocycles. The average Bonchev–Trinajstić information content (AvgIpc) is 2.79. The minimum Gasteiger partial charge on any atom is -0.495 e. The molecule has 3 aromatic carbocycles. The van der Waals surface area contributed by atoms with Crippen molar-refractivity contribution in [2.75, 3.05) is 17.7 Å². The quantitative estimate of drug-likeness (QED) is 0.509. The van der Waals surface area contributed by atoms with E-state index < -0.39 is 0 Å². The molecule has 1 aromatic heterocycles. The molecule has 0 fully saturated rings. The fourth-order valence-electron chi connectivity index (χ4n) is 3.14. The van der Waals surface area contributed by atoms with Crippen LogP contribution >= 0.6 is 0 Å². The van der Waals surface area contributed by atoms with E-state index in [0.717, 1.165) is 10.9 Å². The number of ether oxygens (including phenoxy) is 1. The Morgan fingerprint density at radius 1 is 0.800 bits per heavy atom. The van der Waals surface area contributed by atoms with Gasteiger partial charge in [-0.3, -0.25) is 14.6 Å². The smallest absolute Gasteiger partial charge is 0.256 e. The first-order chi connectivity index (χ1) is 14.7. The van der Waals surface area contributed by atoms with E-state index in [1.165, 1.54) is 0 Å². The first-order valence-electron chi connectivity index (χ1n) is 9.35. The summed E-state index contributed by atoms with van der Waals surface area (Å²) in [5.41, 5.74) is 2.95. The lowest BCUT2D eigenvalue weighted by Crippen LogP contribution is -2.14. The molecule has 0 unspecified atom stereocenters. The third-order valence-electron chi connectivity index (χ3n) is 4.65. The molecule has 6 heteroatoms. The van der Waals surface area contributed by atoms with Crippen LogP contribution in [-0.2, 0) is 0 Å². The molecule has 0 aliphatic carbocycles. The van der Waals surface area contributed by atoms with E-state index in [4.69, 9.17) is 4.74 Å². The zero-order chi connectivity index (χ0) is 20.9. The van der Waals surface area contributed by atoms with Crippen LogP contribution in [0.4, 0.5) is 11.4 Å². The number of nitrogens with zero attached hydrogens (tertiary/aromatic N) is 1. The number of carbonyl (C=O) groups excluding carboxylic acids is 2. The first kappa shape index (κ1) is 19.1. The molecule has 148 valence electrons. The average molecular weight is 397 g/mol. The normalized spacial score (nSPS) is 10.4. The highest BCUT2D eigenvalue weighted by Gasteiger charge is 2.12. The van der Waals surface area contributed by atoms with E-state index in [1.54, 1.807) is 55.8 Å². The molecule has 0 bridgehead atoms. The summed E-state index contributed by atoms with van der Waals surface area (Å²) in [5, 5.41) is 6.47. The number of nitrogens with one attached hydrogen (secondary N) is 2. The Morgan fingerprint density at radius 3 is 2.33 bits per heavy atom. The number of pyridine rings is 1. The molecule has 0 atom stereocenters. The fraction of sp³-hybridized carbons (Fsp3) is 0.0417. The lowest BCUT2D eigenvalue weighted by molar-refractivity contribution is 0.102. The van der Waals surface area contributed by atoms with Gasteiger partial charge in [-0.15, -0.1) is 0 Å². The topological polar surface area (TPSA) is 80.3 Å². The predicted octanol–water partition coefficient (Wildman–Crippen LogP) is 4.75. The van der Waals surface area contributed by atoms with Crippen LogP contribution in [0.2, 0.25) is 0 Å². The lowest BCUT2D eigenvalue weighted by atomic mass is 10.1. The SMILES string of the molecule is COc1ccccc1NC(=O)c1ccc(NC(=O)c2ccnc3ccccc23)cc1. The monoisotopic (exact) mass is 397 g/mol. The van der Waals surface area contributed by atoms with E-state index in [-0.39, 0.29) is 11.8 Å². The molecule has 6 nitrogen and oxygen atoms in total. The van der Waals surface area contributed by atoms with Crippen molar-refractivity contribution < 1.29 is 14.3 Å².